The van der Waals surface area contributed by atoms with Crippen LogP contribution in [-0.2, 0) is 0 Å². The first-order chi connectivity index (χ1) is 34.4. The van der Waals surface area contributed by atoms with Gasteiger partial charge < -0.3 is 0 Å². The molecule has 0 aromatic carbocycles. The summed E-state index contributed by atoms with van der Waals surface area (Å²) >= 11 is 0. The molecule has 12 saturated carbocycles. The van der Waals surface area contributed by atoms with Gasteiger partial charge in [-0.2, -0.15) is 0 Å². The fourth-order valence-corrected chi connectivity index (χ4v) is 41.4. The molecule has 12 fully saturated rings. The predicted octanol–water partition coefficient (Wildman–Crippen LogP) is 21.3. The third kappa shape index (κ3) is 9.49. The highest BCUT2D eigenvalue weighted by atomic mass is 28.3. The molecule has 0 amide bonds. The summed E-state index contributed by atoms with van der Waals surface area (Å²) in [5, 5.41) is 0. The fraction of sp³-hybridized carbons (Fsp3) is 1.00. The monoisotopic (exact) mass is 1000 g/mol. The molecule has 0 saturated heterocycles. The summed E-state index contributed by atoms with van der Waals surface area (Å²) in [7, 11) is -2.90. The molecule has 12 rings (SSSR count). The van der Waals surface area contributed by atoms with Crippen molar-refractivity contribution in [3.63, 3.8) is 0 Å². The number of unbranched alkanes of at least 4 members (excludes halogenated alkanes) is 2. The third-order valence-electron chi connectivity index (χ3n) is 29.2. The zero-order valence-corrected chi connectivity index (χ0v) is 50.8. The summed E-state index contributed by atoms with van der Waals surface area (Å²) in [6.45, 7) is 23.4. The van der Waals surface area contributed by atoms with Gasteiger partial charge >= 0.3 is 0 Å². The first-order valence-corrected chi connectivity index (χ1v) is 40.7. The minimum atomic E-state index is -1.45. The van der Waals surface area contributed by atoms with Crippen molar-refractivity contribution in [1.29, 1.82) is 0 Å². The van der Waals surface area contributed by atoms with Gasteiger partial charge in [-0.3, -0.25) is 0 Å². The molecule has 0 heterocycles. The Morgan fingerprint density at radius 3 is 0.915 bits per heavy atom. The maximum atomic E-state index is 3.02. The third-order valence-corrected chi connectivity index (χ3v) is 40.1. The Morgan fingerprint density at radius 1 is 0.254 bits per heavy atom. The van der Waals surface area contributed by atoms with Crippen molar-refractivity contribution in [3.8, 4) is 0 Å². The van der Waals surface area contributed by atoms with E-state index in [2.05, 4.69) is 53.9 Å². The minimum absolute atomic E-state index is 1.01. The smallest absolute Gasteiger partial charge is 0.0546 e. The van der Waals surface area contributed by atoms with Crippen LogP contribution in [-0.4, -0.2) is 16.1 Å². The molecule has 71 heavy (non-hydrogen) atoms. The Hall–Kier alpha value is 0.434. The molecule has 0 aromatic heterocycles. The summed E-state index contributed by atoms with van der Waals surface area (Å²) in [5.41, 5.74) is 4.48. The minimum Gasteiger partial charge on any atom is -0.0689 e. The molecule has 26 atom stereocenters. The van der Waals surface area contributed by atoms with Crippen molar-refractivity contribution in [3.05, 3.63) is 0 Å². The average molecular weight is 1010 g/mol. The van der Waals surface area contributed by atoms with E-state index < -0.39 is 16.1 Å². The molecule has 12 aliphatic rings. The van der Waals surface area contributed by atoms with E-state index >= 15 is 0 Å². The molecule has 0 aliphatic heterocycles. The van der Waals surface area contributed by atoms with Crippen molar-refractivity contribution in [1.82, 2.24) is 0 Å². The molecule has 26 unspecified atom stereocenters. The summed E-state index contributed by atoms with van der Waals surface area (Å²) in [6.07, 6.45) is 55.7. The van der Waals surface area contributed by atoms with E-state index in [0.717, 1.165) is 152 Å². The highest BCUT2D eigenvalue weighted by molar-refractivity contribution is 6.81. The van der Waals surface area contributed by atoms with Crippen LogP contribution >= 0.6 is 0 Å². The van der Waals surface area contributed by atoms with Crippen LogP contribution in [0.1, 0.15) is 252 Å². The summed E-state index contributed by atoms with van der Waals surface area (Å²) in [5.74, 6) is 23.9. The van der Waals surface area contributed by atoms with Crippen molar-refractivity contribution in [2.75, 3.05) is 0 Å². The average Bonchev–Trinajstić information content (AvgIpc) is 4.12. The van der Waals surface area contributed by atoms with Gasteiger partial charge in [-0.25, -0.2) is 0 Å². The lowest BCUT2D eigenvalue weighted by molar-refractivity contribution is 0.0126. The predicted molar refractivity (Wildman–Crippen MR) is 311 cm³/mol. The zero-order chi connectivity index (χ0) is 48.8. The fourth-order valence-electron chi connectivity index (χ4n) is 28.1. The molecule has 0 radical (unpaired) electrons. The molecular weight excluding hydrogens is 885 g/mol. The lowest BCUT2D eigenvalue weighted by Crippen LogP contribution is -2.48. The summed E-state index contributed by atoms with van der Waals surface area (Å²) < 4.78 is 0. The van der Waals surface area contributed by atoms with Gasteiger partial charge in [-0.1, -0.05) is 214 Å². The molecule has 0 bridgehead atoms. The van der Waals surface area contributed by atoms with Crippen LogP contribution in [0.2, 0.25) is 48.4 Å². The van der Waals surface area contributed by atoms with E-state index in [1.54, 1.807) is 225 Å². The second-order valence-electron chi connectivity index (χ2n) is 32.7. The van der Waals surface area contributed by atoms with Crippen LogP contribution < -0.4 is 0 Å². The molecule has 0 aromatic rings. The molecule has 0 spiro atoms. The topological polar surface area (TPSA) is 0 Å². The SMILES string of the molecule is CC1CC2C(CCCCCC3CCCC4C3CC(C)C4[Si](C)(C)C3C(C)CC4C(C5CCCC6CCCCC65)CCCC43)CCCC2C1[Si](C)(C)C1C(C)CC2C(C3CCCC4CCCCC43)CCCC21. The van der Waals surface area contributed by atoms with E-state index in [0.29, 0.717) is 0 Å². The zero-order valence-electron chi connectivity index (χ0n) is 48.8. The van der Waals surface area contributed by atoms with E-state index in [4.69, 9.17) is 0 Å². The van der Waals surface area contributed by atoms with Gasteiger partial charge in [0.1, 0.15) is 0 Å². The van der Waals surface area contributed by atoms with Gasteiger partial charge in [0.05, 0.1) is 16.1 Å². The lowest BCUT2D eigenvalue weighted by atomic mass is 9.57. The van der Waals surface area contributed by atoms with Crippen LogP contribution in [0.15, 0.2) is 0 Å². The van der Waals surface area contributed by atoms with Crippen LogP contribution in [0.3, 0.4) is 0 Å². The maximum absolute atomic E-state index is 3.02. The van der Waals surface area contributed by atoms with Crippen molar-refractivity contribution in [2.24, 2.45) is 130 Å². The van der Waals surface area contributed by atoms with E-state index in [9.17, 15) is 0 Å². The van der Waals surface area contributed by atoms with E-state index in [-0.39, 0.29) is 0 Å². The summed E-state index contributed by atoms with van der Waals surface area (Å²) in [6, 6.07) is 0. The van der Waals surface area contributed by atoms with Crippen molar-refractivity contribution < 1.29 is 0 Å². The number of hydrogen-bond donors (Lipinski definition) is 0. The van der Waals surface area contributed by atoms with Gasteiger partial charge in [0.25, 0.3) is 0 Å². The quantitative estimate of drug-likeness (QED) is 0.135. The molecule has 0 N–H and O–H groups in total. The van der Waals surface area contributed by atoms with E-state index in [1.165, 1.54) is 0 Å². The van der Waals surface area contributed by atoms with Crippen LogP contribution in [0, 0.1) is 130 Å². The van der Waals surface area contributed by atoms with E-state index in [1.807, 2.05) is 0 Å². The first-order valence-electron chi connectivity index (χ1n) is 34.4. The summed E-state index contributed by atoms with van der Waals surface area (Å²) in [4.78, 5) is 0. The Labute approximate surface area is 444 Å². The lowest BCUT2D eigenvalue weighted by Gasteiger charge is -2.51. The normalized spacial score (nSPS) is 52.2. The van der Waals surface area contributed by atoms with Gasteiger partial charge in [0, 0.05) is 0 Å². The van der Waals surface area contributed by atoms with Crippen LogP contribution in [0.5, 0.6) is 0 Å². The number of rotatable bonds is 12. The van der Waals surface area contributed by atoms with Gasteiger partial charge in [0.2, 0.25) is 0 Å². The molecule has 12 aliphatic carbocycles. The second-order valence-corrected chi connectivity index (χ2v) is 42.7. The van der Waals surface area contributed by atoms with Crippen molar-refractivity contribution in [2.45, 2.75) is 301 Å². The standard InChI is InChI=1S/C69H120Si2/c1-44-40-62-50(28-18-36-58(62)66(44)70(5,6)68-46(3)42-64-56(34-20-38-60(64)68)54-32-16-26-48-24-12-14-30-52(48)54)22-10-9-11-23-51-29-19-37-59-63(51)41-45(2)67(59)71(7,8)69-47(4)43-65-57(35-21-39-61(65)69)55-33-17-27-49-25-13-15-31-53(49)55/h44-69H,9-43H2,1-8H3. The highest BCUT2D eigenvalue weighted by Gasteiger charge is 2.62. The van der Waals surface area contributed by atoms with Crippen LogP contribution in [0.4, 0.5) is 0 Å². The highest BCUT2D eigenvalue weighted by Crippen LogP contribution is 2.70. The molecule has 404 valence electrons. The first kappa shape index (κ1) is 52.2. The molecule has 2 heteroatoms. The van der Waals surface area contributed by atoms with Crippen LogP contribution in [0.25, 0.3) is 0 Å². The Bertz CT molecular complexity index is 1620. The maximum Gasteiger partial charge on any atom is 0.0546 e. The largest absolute Gasteiger partial charge is 0.0689 e. The van der Waals surface area contributed by atoms with Crippen molar-refractivity contribution >= 4 is 16.1 Å². The molecular formula is C69H120Si2. The number of hydrogen-bond acceptors (Lipinski definition) is 0. The second kappa shape index (κ2) is 21.6. The Kier molecular flexibility index (Phi) is 15.9. The molecule has 0 nitrogen and oxygen atoms in total. The van der Waals surface area contributed by atoms with Gasteiger partial charge in [-0.05, 0) is 217 Å². The Balaban J connectivity index is 0.643. The Morgan fingerprint density at radius 2 is 0.521 bits per heavy atom. The van der Waals surface area contributed by atoms with Gasteiger partial charge in [-0.15, -0.1) is 0 Å². The van der Waals surface area contributed by atoms with Gasteiger partial charge in [0.15, 0.2) is 0 Å². The number of fused-ring (bicyclic) bond motifs is 6.